The van der Waals surface area contributed by atoms with Crippen molar-refractivity contribution in [1.82, 2.24) is 0 Å². The van der Waals surface area contributed by atoms with Crippen LogP contribution in [-0.2, 0) is 0 Å². The maximum atomic E-state index is 5.93. The van der Waals surface area contributed by atoms with Crippen molar-refractivity contribution in [1.29, 1.82) is 0 Å². The van der Waals surface area contributed by atoms with E-state index in [9.17, 15) is 0 Å². The second kappa shape index (κ2) is 6.78. The first kappa shape index (κ1) is 16.9. The molecule has 1 heterocycles. The predicted octanol–water partition coefficient (Wildman–Crippen LogP) is 8.15. The summed E-state index contributed by atoms with van der Waals surface area (Å²) in [5.74, 6) is 0. The van der Waals surface area contributed by atoms with Crippen LogP contribution < -0.4 is 5.32 Å². The van der Waals surface area contributed by atoms with Gasteiger partial charge < -0.3 is 9.73 Å². The molecule has 6 aromatic rings. The van der Waals surface area contributed by atoms with E-state index in [1.165, 1.54) is 21.9 Å². The number of hydrogen-bond acceptors (Lipinski definition) is 2. The lowest BCUT2D eigenvalue weighted by Crippen LogP contribution is -1.90. The van der Waals surface area contributed by atoms with Crippen molar-refractivity contribution in [2.24, 2.45) is 0 Å². The monoisotopic (exact) mass is 385 g/mol. The summed E-state index contributed by atoms with van der Waals surface area (Å²) < 4.78 is 5.93. The Hall–Kier alpha value is -4.04. The van der Waals surface area contributed by atoms with Gasteiger partial charge in [-0.1, -0.05) is 72.8 Å². The normalized spacial score (nSPS) is 11.3. The van der Waals surface area contributed by atoms with Gasteiger partial charge in [0.1, 0.15) is 11.2 Å². The molecule has 0 aliphatic carbocycles. The van der Waals surface area contributed by atoms with Gasteiger partial charge in [-0.2, -0.15) is 0 Å². The average Bonchev–Trinajstić information content (AvgIpc) is 3.17. The predicted molar refractivity (Wildman–Crippen MR) is 126 cm³/mol. The van der Waals surface area contributed by atoms with E-state index in [0.29, 0.717) is 0 Å². The maximum absolute atomic E-state index is 5.93. The Morgan fingerprint density at radius 3 is 2.10 bits per heavy atom. The first-order valence-electron chi connectivity index (χ1n) is 10.1. The molecule has 0 saturated heterocycles. The van der Waals surface area contributed by atoms with Gasteiger partial charge in [-0.3, -0.25) is 0 Å². The van der Waals surface area contributed by atoms with E-state index in [1.807, 2.05) is 24.3 Å². The zero-order valence-electron chi connectivity index (χ0n) is 16.3. The van der Waals surface area contributed by atoms with Crippen molar-refractivity contribution in [3.63, 3.8) is 0 Å². The minimum absolute atomic E-state index is 0.910. The quantitative estimate of drug-likeness (QED) is 0.332. The molecule has 0 radical (unpaired) electrons. The summed E-state index contributed by atoms with van der Waals surface area (Å²) in [6.07, 6.45) is 0. The molecule has 0 spiro atoms. The Labute approximate surface area is 174 Å². The van der Waals surface area contributed by atoms with Crippen LogP contribution >= 0.6 is 0 Å². The number of rotatable bonds is 3. The number of para-hydroxylation sites is 1. The smallest absolute Gasteiger partial charge is 0.135 e. The molecule has 6 rings (SSSR count). The van der Waals surface area contributed by atoms with E-state index in [2.05, 4.69) is 90.2 Å². The first-order chi connectivity index (χ1) is 14.8. The Kier molecular flexibility index (Phi) is 3.82. The number of benzene rings is 5. The van der Waals surface area contributed by atoms with E-state index < -0.39 is 0 Å². The van der Waals surface area contributed by atoms with E-state index >= 15 is 0 Å². The number of furan rings is 1. The highest BCUT2D eigenvalue weighted by Gasteiger charge is 2.08. The number of hydrogen-bond donors (Lipinski definition) is 1. The van der Waals surface area contributed by atoms with Crippen LogP contribution in [0.5, 0.6) is 0 Å². The Morgan fingerprint density at radius 2 is 1.20 bits per heavy atom. The van der Waals surface area contributed by atoms with E-state index in [-0.39, 0.29) is 0 Å². The molecule has 0 unspecified atom stereocenters. The molecule has 0 saturated carbocycles. The summed E-state index contributed by atoms with van der Waals surface area (Å²) in [5.41, 5.74) is 6.41. The van der Waals surface area contributed by atoms with Crippen LogP contribution in [0.25, 0.3) is 43.8 Å². The highest BCUT2D eigenvalue weighted by Crippen LogP contribution is 2.33. The van der Waals surface area contributed by atoms with Crippen LogP contribution in [0.1, 0.15) is 0 Å². The van der Waals surface area contributed by atoms with Crippen LogP contribution in [0.2, 0.25) is 0 Å². The first-order valence-corrected chi connectivity index (χ1v) is 10.1. The molecule has 0 amide bonds. The van der Waals surface area contributed by atoms with E-state index in [0.717, 1.165) is 33.3 Å². The maximum Gasteiger partial charge on any atom is 0.135 e. The van der Waals surface area contributed by atoms with Gasteiger partial charge in [0.05, 0.1) is 0 Å². The largest absolute Gasteiger partial charge is 0.456 e. The SMILES string of the molecule is c1ccc2c(-c3ccc(Nc4ccc5oc6ccccc6c5c4)cc3)cccc2c1. The molecule has 142 valence electrons. The molecule has 2 nitrogen and oxygen atoms in total. The number of nitrogens with one attached hydrogen (secondary N) is 1. The lowest BCUT2D eigenvalue weighted by atomic mass is 9.98. The van der Waals surface area contributed by atoms with E-state index in [1.54, 1.807) is 0 Å². The number of fused-ring (bicyclic) bond motifs is 4. The molecule has 5 aromatic carbocycles. The summed E-state index contributed by atoms with van der Waals surface area (Å²) in [6, 6.07) is 38.0. The van der Waals surface area contributed by atoms with Crippen molar-refractivity contribution >= 4 is 44.1 Å². The van der Waals surface area contributed by atoms with Gasteiger partial charge in [-0.25, -0.2) is 0 Å². The summed E-state index contributed by atoms with van der Waals surface area (Å²) in [5, 5.41) is 8.33. The van der Waals surface area contributed by atoms with Crippen LogP contribution in [0.4, 0.5) is 11.4 Å². The second-order valence-electron chi connectivity index (χ2n) is 7.54. The fraction of sp³-hybridized carbons (Fsp3) is 0. The van der Waals surface area contributed by atoms with Gasteiger partial charge in [0, 0.05) is 22.1 Å². The van der Waals surface area contributed by atoms with Crippen LogP contribution in [0, 0.1) is 0 Å². The Morgan fingerprint density at radius 1 is 0.500 bits per heavy atom. The Balaban J connectivity index is 1.33. The van der Waals surface area contributed by atoms with Crippen molar-refractivity contribution in [3.05, 3.63) is 109 Å². The summed E-state index contributed by atoms with van der Waals surface area (Å²) in [7, 11) is 0. The molecule has 1 N–H and O–H groups in total. The van der Waals surface area contributed by atoms with Gasteiger partial charge in [-0.05, 0) is 58.3 Å². The number of anilines is 2. The minimum Gasteiger partial charge on any atom is -0.456 e. The van der Waals surface area contributed by atoms with Gasteiger partial charge in [0.15, 0.2) is 0 Å². The van der Waals surface area contributed by atoms with Crippen LogP contribution in [-0.4, -0.2) is 0 Å². The molecule has 0 aliphatic rings. The third-order valence-electron chi connectivity index (χ3n) is 5.65. The third kappa shape index (κ3) is 2.82. The summed E-state index contributed by atoms with van der Waals surface area (Å²) in [6.45, 7) is 0. The van der Waals surface area contributed by atoms with Crippen molar-refractivity contribution in [3.8, 4) is 11.1 Å². The highest BCUT2D eigenvalue weighted by molar-refractivity contribution is 6.06. The molecule has 30 heavy (non-hydrogen) atoms. The zero-order valence-corrected chi connectivity index (χ0v) is 16.3. The molecule has 2 heteroatoms. The molecule has 0 atom stereocenters. The molecule has 1 aromatic heterocycles. The zero-order chi connectivity index (χ0) is 19.9. The van der Waals surface area contributed by atoms with Crippen molar-refractivity contribution in [2.75, 3.05) is 5.32 Å². The molecular formula is C28H19NO. The van der Waals surface area contributed by atoms with E-state index in [4.69, 9.17) is 4.42 Å². The summed E-state index contributed by atoms with van der Waals surface area (Å²) in [4.78, 5) is 0. The summed E-state index contributed by atoms with van der Waals surface area (Å²) >= 11 is 0. The molecule has 0 bridgehead atoms. The van der Waals surface area contributed by atoms with Crippen LogP contribution in [0.3, 0.4) is 0 Å². The fourth-order valence-electron chi connectivity index (χ4n) is 4.18. The molecule has 0 aliphatic heterocycles. The second-order valence-corrected chi connectivity index (χ2v) is 7.54. The standard InChI is InChI=1S/C28H19NO/c1-2-8-23-19(6-1)7-5-10-24(23)20-12-14-21(15-13-20)29-22-16-17-28-26(18-22)25-9-3-4-11-27(25)30-28/h1-18,29H. The van der Waals surface area contributed by atoms with Crippen molar-refractivity contribution < 1.29 is 4.42 Å². The average molecular weight is 385 g/mol. The van der Waals surface area contributed by atoms with Crippen LogP contribution in [0.15, 0.2) is 114 Å². The Bertz CT molecular complexity index is 1500. The molecular weight excluding hydrogens is 366 g/mol. The third-order valence-corrected chi connectivity index (χ3v) is 5.65. The topological polar surface area (TPSA) is 25.2 Å². The van der Waals surface area contributed by atoms with Gasteiger partial charge in [-0.15, -0.1) is 0 Å². The van der Waals surface area contributed by atoms with Gasteiger partial charge in [0.2, 0.25) is 0 Å². The lowest BCUT2D eigenvalue weighted by molar-refractivity contribution is 0.669. The molecule has 0 fully saturated rings. The van der Waals surface area contributed by atoms with Gasteiger partial charge >= 0.3 is 0 Å². The highest BCUT2D eigenvalue weighted by atomic mass is 16.3. The fourth-order valence-corrected chi connectivity index (χ4v) is 4.18. The minimum atomic E-state index is 0.910. The van der Waals surface area contributed by atoms with Crippen molar-refractivity contribution in [2.45, 2.75) is 0 Å². The van der Waals surface area contributed by atoms with Gasteiger partial charge in [0.25, 0.3) is 0 Å². The lowest BCUT2D eigenvalue weighted by Gasteiger charge is -2.10.